The number of hydrogen-bond acceptors (Lipinski definition) is 1. The van der Waals surface area contributed by atoms with Gasteiger partial charge in [0, 0.05) is 17.1 Å². The Morgan fingerprint density at radius 2 is 2.14 bits per heavy atom. The van der Waals surface area contributed by atoms with Gasteiger partial charge >= 0.3 is 0 Å². The number of rotatable bonds is 3. The lowest BCUT2D eigenvalue weighted by Gasteiger charge is -1.90. The molecule has 0 aliphatic rings. The Labute approximate surface area is 83.4 Å². The highest BCUT2D eigenvalue weighted by Crippen LogP contribution is 2.18. The molecular weight excluding hydrogens is 172 g/mol. The molecule has 0 amide bonds. The van der Waals surface area contributed by atoms with Gasteiger partial charge in [0.25, 0.3) is 0 Å². The van der Waals surface area contributed by atoms with Crippen LogP contribution in [0.3, 0.4) is 0 Å². The fourth-order valence-electron chi connectivity index (χ4n) is 1.54. The summed E-state index contributed by atoms with van der Waals surface area (Å²) >= 11 is 0. The van der Waals surface area contributed by atoms with Crippen LogP contribution in [0.5, 0.6) is 0 Å². The van der Waals surface area contributed by atoms with Gasteiger partial charge in [-0.05, 0) is 24.6 Å². The standard InChI is InChI=1S/C12H14N2/c13-8-4-3-5-10-9-14-12-7-2-1-6-11(10)12/h1-3,5-7,9,14H,4,8,13H2/b5-3+. The molecular formula is C12H14N2. The zero-order valence-corrected chi connectivity index (χ0v) is 8.03. The molecule has 0 bridgehead atoms. The predicted molar refractivity (Wildman–Crippen MR) is 61.0 cm³/mol. The summed E-state index contributed by atoms with van der Waals surface area (Å²) in [5.41, 5.74) is 7.83. The van der Waals surface area contributed by atoms with Gasteiger partial charge in [-0.2, -0.15) is 0 Å². The van der Waals surface area contributed by atoms with Crippen molar-refractivity contribution in [3.05, 3.63) is 42.1 Å². The van der Waals surface area contributed by atoms with Gasteiger partial charge in [-0.1, -0.05) is 30.4 Å². The van der Waals surface area contributed by atoms with E-state index in [1.54, 1.807) is 0 Å². The lowest BCUT2D eigenvalue weighted by Crippen LogP contribution is -1.94. The van der Waals surface area contributed by atoms with Gasteiger partial charge in [0.15, 0.2) is 0 Å². The highest BCUT2D eigenvalue weighted by Gasteiger charge is 1.97. The Kier molecular flexibility index (Phi) is 2.65. The van der Waals surface area contributed by atoms with Crippen LogP contribution in [0, 0.1) is 0 Å². The maximum atomic E-state index is 5.42. The third kappa shape index (κ3) is 1.70. The Morgan fingerprint density at radius 3 is 3.00 bits per heavy atom. The molecule has 14 heavy (non-hydrogen) atoms. The molecule has 0 spiro atoms. The number of H-pyrrole nitrogens is 1. The van der Waals surface area contributed by atoms with Gasteiger partial charge in [-0.3, -0.25) is 0 Å². The van der Waals surface area contributed by atoms with Crippen molar-refractivity contribution in [2.45, 2.75) is 6.42 Å². The Balaban J connectivity index is 2.34. The van der Waals surface area contributed by atoms with Gasteiger partial charge in [-0.15, -0.1) is 0 Å². The molecule has 2 aromatic rings. The van der Waals surface area contributed by atoms with E-state index < -0.39 is 0 Å². The minimum absolute atomic E-state index is 0.707. The molecule has 1 aromatic heterocycles. The second-order valence-electron chi connectivity index (χ2n) is 3.27. The monoisotopic (exact) mass is 186 g/mol. The Morgan fingerprint density at radius 1 is 1.29 bits per heavy atom. The molecule has 0 aliphatic carbocycles. The normalized spacial score (nSPS) is 11.5. The number of benzene rings is 1. The number of aromatic nitrogens is 1. The van der Waals surface area contributed by atoms with E-state index in [4.69, 9.17) is 5.73 Å². The van der Waals surface area contributed by atoms with Gasteiger partial charge in [0.05, 0.1) is 0 Å². The maximum absolute atomic E-state index is 5.42. The molecule has 0 radical (unpaired) electrons. The first kappa shape index (κ1) is 9.03. The fourth-order valence-corrected chi connectivity index (χ4v) is 1.54. The molecule has 2 heteroatoms. The van der Waals surface area contributed by atoms with Crippen molar-refractivity contribution in [2.24, 2.45) is 5.73 Å². The number of para-hydroxylation sites is 1. The molecule has 2 rings (SSSR count). The second kappa shape index (κ2) is 4.11. The van der Waals surface area contributed by atoms with Crippen LogP contribution in [-0.4, -0.2) is 11.5 Å². The molecule has 3 N–H and O–H groups in total. The first-order valence-corrected chi connectivity index (χ1v) is 4.84. The summed E-state index contributed by atoms with van der Waals surface area (Å²) in [5.74, 6) is 0. The molecule has 0 atom stereocenters. The van der Waals surface area contributed by atoms with Crippen molar-refractivity contribution in [1.29, 1.82) is 0 Å². The third-order valence-corrected chi connectivity index (χ3v) is 2.25. The van der Waals surface area contributed by atoms with E-state index in [1.165, 1.54) is 16.5 Å². The zero-order valence-electron chi connectivity index (χ0n) is 8.03. The molecule has 0 saturated heterocycles. The minimum atomic E-state index is 0.707. The van der Waals surface area contributed by atoms with Crippen LogP contribution in [-0.2, 0) is 0 Å². The Hall–Kier alpha value is -1.54. The highest BCUT2D eigenvalue weighted by atomic mass is 14.7. The highest BCUT2D eigenvalue weighted by molar-refractivity contribution is 5.88. The summed E-state index contributed by atoms with van der Waals surface area (Å²) < 4.78 is 0. The Bertz CT molecular complexity index is 440. The lowest BCUT2D eigenvalue weighted by molar-refractivity contribution is 1.01. The zero-order chi connectivity index (χ0) is 9.80. The van der Waals surface area contributed by atoms with Gasteiger partial charge < -0.3 is 10.7 Å². The molecule has 0 saturated carbocycles. The van der Waals surface area contributed by atoms with Crippen LogP contribution < -0.4 is 5.73 Å². The molecule has 0 aliphatic heterocycles. The van der Waals surface area contributed by atoms with Crippen LogP contribution in [0.15, 0.2) is 36.5 Å². The first-order chi connectivity index (χ1) is 6.92. The van der Waals surface area contributed by atoms with Crippen molar-refractivity contribution in [2.75, 3.05) is 6.54 Å². The minimum Gasteiger partial charge on any atom is -0.361 e. The van der Waals surface area contributed by atoms with E-state index in [-0.39, 0.29) is 0 Å². The van der Waals surface area contributed by atoms with Crippen LogP contribution in [0.4, 0.5) is 0 Å². The summed E-state index contributed by atoms with van der Waals surface area (Å²) in [4.78, 5) is 3.23. The number of hydrogen-bond donors (Lipinski definition) is 2. The molecule has 1 heterocycles. The maximum Gasteiger partial charge on any atom is 0.0460 e. The number of fused-ring (bicyclic) bond motifs is 1. The smallest absolute Gasteiger partial charge is 0.0460 e. The number of aromatic amines is 1. The van der Waals surface area contributed by atoms with Crippen LogP contribution in [0.25, 0.3) is 17.0 Å². The van der Waals surface area contributed by atoms with Crippen molar-refractivity contribution >= 4 is 17.0 Å². The molecule has 0 fully saturated rings. The first-order valence-electron chi connectivity index (χ1n) is 4.84. The molecule has 2 nitrogen and oxygen atoms in total. The van der Waals surface area contributed by atoms with E-state index >= 15 is 0 Å². The summed E-state index contributed by atoms with van der Waals surface area (Å²) in [5, 5.41) is 1.26. The number of nitrogens with two attached hydrogens (primary N) is 1. The van der Waals surface area contributed by atoms with Crippen LogP contribution in [0.2, 0.25) is 0 Å². The van der Waals surface area contributed by atoms with Crippen molar-refractivity contribution < 1.29 is 0 Å². The number of nitrogens with one attached hydrogen (secondary N) is 1. The van der Waals surface area contributed by atoms with Crippen molar-refractivity contribution in [3.63, 3.8) is 0 Å². The topological polar surface area (TPSA) is 41.8 Å². The van der Waals surface area contributed by atoms with Crippen LogP contribution in [0.1, 0.15) is 12.0 Å². The summed E-state index contributed by atoms with van der Waals surface area (Å²) in [7, 11) is 0. The van der Waals surface area contributed by atoms with E-state index in [2.05, 4.69) is 35.3 Å². The predicted octanol–water partition coefficient (Wildman–Crippen LogP) is 2.53. The largest absolute Gasteiger partial charge is 0.361 e. The summed E-state index contributed by atoms with van der Waals surface area (Å²) in [6, 6.07) is 8.28. The van der Waals surface area contributed by atoms with E-state index in [0.717, 1.165) is 6.42 Å². The average Bonchev–Trinajstić information content (AvgIpc) is 2.63. The van der Waals surface area contributed by atoms with Gasteiger partial charge in [0.2, 0.25) is 0 Å². The average molecular weight is 186 g/mol. The summed E-state index contributed by atoms with van der Waals surface area (Å²) in [6.45, 7) is 0.707. The van der Waals surface area contributed by atoms with Crippen LogP contribution >= 0.6 is 0 Å². The fraction of sp³-hybridized carbons (Fsp3) is 0.167. The quantitative estimate of drug-likeness (QED) is 0.760. The van der Waals surface area contributed by atoms with E-state index in [1.807, 2.05) is 12.3 Å². The third-order valence-electron chi connectivity index (χ3n) is 2.25. The second-order valence-corrected chi connectivity index (χ2v) is 3.27. The SMILES string of the molecule is NCC/C=C/c1c[nH]c2ccccc12. The van der Waals surface area contributed by atoms with E-state index in [9.17, 15) is 0 Å². The lowest BCUT2D eigenvalue weighted by atomic mass is 10.1. The molecule has 1 aromatic carbocycles. The van der Waals surface area contributed by atoms with Gasteiger partial charge in [0.1, 0.15) is 0 Å². The molecule has 72 valence electrons. The molecule has 0 unspecified atom stereocenters. The van der Waals surface area contributed by atoms with Gasteiger partial charge in [-0.25, -0.2) is 0 Å². The van der Waals surface area contributed by atoms with Crippen molar-refractivity contribution in [1.82, 2.24) is 4.98 Å². The van der Waals surface area contributed by atoms with Crippen molar-refractivity contribution in [3.8, 4) is 0 Å². The van der Waals surface area contributed by atoms with E-state index in [0.29, 0.717) is 6.54 Å². The summed E-state index contributed by atoms with van der Waals surface area (Å²) in [6.07, 6.45) is 7.18.